The maximum Gasteiger partial charge on any atom is 0.222 e. The predicted molar refractivity (Wildman–Crippen MR) is 99.9 cm³/mol. The van der Waals surface area contributed by atoms with E-state index in [-0.39, 0.29) is 18.0 Å². The van der Waals surface area contributed by atoms with Crippen LogP contribution in [0.25, 0.3) is 11.3 Å². The molecule has 0 radical (unpaired) electrons. The van der Waals surface area contributed by atoms with E-state index in [0.717, 1.165) is 36.6 Å². The molecule has 4 N–H and O–H groups in total. The molecule has 3 rings (SSSR count). The number of nitrogens with zero attached hydrogens (tertiary/aromatic N) is 3. The van der Waals surface area contributed by atoms with Crippen LogP contribution in [0, 0.1) is 0 Å². The van der Waals surface area contributed by atoms with Crippen LogP contribution in [0.2, 0.25) is 0 Å². The molecule has 1 aromatic heterocycles. The second kappa shape index (κ2) is 7.72. The third-order valence-electron chi connectivity index (χ3n) is 4.01. The minimum atomic E-state index is -0.0390. The summed E-state index contributed by atoms with van der Waals surface area (Å²) in [7, 11) is 0. The molecule has 1 unspecified atom stereocenters. The van der Waals surface area contributed by atoms with Crippen molar-refractivity contribution in [3.8, 4) is 17.0 Å². The van der Waals surface area contributed by atoms with Gasteiger partial charge in [-0.05, 0) is 6.42 Å². The van der Waals surface area contributed by atoms with Gasteiger partial charge in [-0.15, -0.1) is 0 Å². The van der Waals surface area contributed by atoms with Crippen molar-refractivity contribution in [1.29, 1.82) is 0 Å². The molecule has 0 saturated carbocycles. The van der Waals surface area contributed by atoms with Crippen LogP contribution in [0.15, 0.2) is 30.3 Å². The minimum Gasteiger partial charge on any atom is -0.469 e. The lowest BCUT2D eigenvalue weighted by Gasteiger charge is -2.34. The quantitative estimate of drug-likeness (QED) is 0.860. The van der Waals surface area contributed by atoms with E-state index in [1.165, 1.54) is 0 Å². The van der Waals surface area contributed by atoms with Crippen LogP contribution < -0.4 is 16.2 Å². The Labute approximate surface area is 146 Å². The molecular weight excluding hydrogens is 322 g/mol. The number of anilines is 2. The Morgan fingerprint density at radius 1 is 1.17 bits per heavy atom. The molecule has 2 aromatic rings. The van der Waals surface area contributed by atoms with Gasteiger partial charge in [0.2, 0.25) is 5.95 Å². The summed E-state index contributed by atoms with van der Waals surface area (Å²) >= 11 is 1.97. The molecule has 0 amide bonds. The summed E-state index contributed by atoms with van der Waals surface area (Å²) < 4.78 is 6.29. The average molecular weight is 345 g/mol. The Morgan fingerprint density at radius 2 is 1.88 bits per heavy atom. The molecular formula is C17H23N5OS. The van der Waals surface area contributed by atoms with Crippen molar-refractivity contribution in [2.75, 3.05) is 36.1 Å². The summed E-state index contributed by atoms with van der Waals surface area (Å²) in [4.78, 5) is 10.8. The van der Waals surface area contributed by atoms with Gasteiger partial charge in [-0.1, -0.05) is 37.3 Å². The SMILES string of the molecule is CCC(Oc1c(N)nc(N)nc1-c1ccccc1)N1CCSCC1. The first-order valence-electron chi connectivity index (χ1n) is 8.16. The van der Waals surface area contributed by atoms with Crippen LogP contribution >= 0.6 is 11.8 Å². The fourth-order valence-corrected chi connectivity index (χ4v) is 3.74. The maximum absolute atomic E-state index is 6.29. The van der Waals surface area contributed by atoms with Crippen molar-refractivity contribution >= 4 is 23.5 Å². The first-order chi connectivity index (χ1) is 11.7. The van der Waals surface area contributed by atoms with E-state index < -0.39 is 0 Å². The summed E-state index contributed by atoms with van der Waals surface area (Å²) in [5.74, 6) is 3.20. The van der Waals surface area contributed by atoms with Crippen molar-refractivity contribution in [3.63, 3.8) is 0 Å². The first-order valence-corrected chi connectivity index (χ1v) is 9.31. The van der Waals surface area contributed by atoms with Gasteiger partial charge >= 0.3 is 0 Å². The number of hydrogen-bond acceptors (Lipinski definition) is 7. The van der Waals surface area contributed by atoms with Gasteiger partial charge in [0.25, 0.3) is 0 Å². The summed E-state index contributed by atoms with van der Waals surface area (Å²) in [6.07, 6.45) is 0.825. The predicted octanol–water partition coefficient (Wildman–Crippen LogP) is 2.47. The molecule has 1 saturated heterocycles. The molecule has 1 aliphatic rings. The van der Waals surface area contributed by atoms with E-state index in [2.05, 4.69) is 21.8 Å². The first kappa shape index (κ1) is 16.9. The third-order valence-corrected chi connectivity index (χ3v) is 4.95. The van der Waals surface area contributed by atoms with Crippen LogP contribution in [0.4, 0.5) is 11.8 Å². The van der Waals surface area contributed by atoms with Gasteiger partial charge < -0.3 is 16.2 Å². The highest BCUT2D eigenvalue weighted by Crippen LogP contribution is 2.34. The summed E-state index contributed by atoms with van der Waals surface area (Å²) in [6.45, 7) is 4.14. The van der Waals surface area contributed by atoms with Crippen LogP contribution in [0.1, 0.15) is 13.3 Å². The second-order valence-electron chi connectivity index (χ2n) is 5.64. The molecule has 1 atom stereocenters. The van der Waals surface area contributed by atoms with Crippen molar-refractivity contribution in [2.24, 2.45) is 0 Å². The topological polar surface area (TPSA) is 90.3 Å². The lowest BCUT2D eigenvalue weighted by atomic mass is 10.1. The lowest BCUT2D eigenvalue weighted by molar-refractivity contribution is 0.0302. The van der Waals surface area contributed by atoms with E-state index in [4.69, 9.17) is 16.2 Å². The van der Waals surface area contributed by atoms with Crippen molar-refractivity contribution < 1.29 is 4.74 Å². The van der Waals surface area contributed by atoms with E-state index in [1.54, 1.807) is 0 Å². The fourth-order valence-electron chi connectivity index (χ4n) is 2.81. The number of benzene rings is 1. The Hall–Kier alpha value is -1.99. The smallest absolute Gasteiger partial charge is 0.222 e. The molecule has 128 valence electrons. The van der Waals surface area contributed by atoms with Gasteiger partial charge in [-0.2, -0.15) is 16.7 Å². The van der Waals surface area contributed by atoms with Gasteiger partial charge in [0.15, 0.2) is 17.8 Å². The molecule has 1 fully saturated rings. The van der Waals surface area contributed by atoms with Crippen molar-refractivity contribution in [3.05, 3.63) is 30.3 Å². The van der Waals surface area contributed by atoms with Crippen molar-refractivity contribution in [1.82, 2.24) is 14.9 Å². The van der Waals surface area contributed by atoms with Gasteiger partial charge in [0, 0.05) is 30.2 Å². The Balaban J connectivity index is 1.94. The van der Waals surface area contributed by atoms with Gasteiger partial charge in [0.1, 0.15) is 5.69 Å². The Morgan fingerprint density at radius 3 is 2.54 bits per heavy atom. The number of rotatable bonds is 5. The zero-order valence-corrected chi connectivity index (χ0v) is 14.6. The molecule has 2 heterocycles. The second-order valence-corrected chi connectivity index (χ2v) is 6.86. The average Bonchev–Trinajstić information content (AvgIpc) is 2.62. The lowest BCUT2D eigenvalue weighted by Crippen LogP contribution is -2.44. The van der Waals surface area contributed by atoms with Crippen LogP contribution in [-0.4, -0.2) is 45.7 Å². The van der Waals surface area contributed by atoms with Crippen LogP contribution in [-0.2, 0) is 0 Å². The highest BCUT2D eigenvalue weighted by molar-refractivity contribution is 7.99. The normalized spacial score (nSPS) is 16.7. The minimum absolute atomic E-state index is 0.0390. The number of hydrogen-bond donors (Lipinski definition) is 2. The number of nitrogens with two attached hydrogens (primary N) is 2. The number of thioether (sulfide) groups is 1. The third kappa shape index (κ3) is 3.73. The highest BCUT2D eigenvalue weighted by Gasteiger charge is 2.24. The van der Waals surface area contributed by atoms with E-state index in [1.807, 2.05) is 42.1 Å². The number of aromatic nitrogens is 2. The van der Waals surface area contributed by atoms with E-state index in [9.17, 15) is 0 Å². The number of nitrogen functional groups attached to an aromatic ring is 2. The van der Waals surface area contributed by atoms with E-state index in [0.29, 0.717) is 11.4 Å². The highest BCUT2D eigenvalue weighted by atomic mass is 32.2. The Bertz CT molecular complexity index is 676. The van der Waals surface area contributed by atoms with Gasteiger partial charge in [-0.3, -0.25) is 4.90 Å². The molecule has 1 aromatic carbocycles. The fraction of sp³-hybridized carbons (Fsp3) is 0.412. The van der Waals surface area contributed by atoms with Gasteiger partial charge in [-0.25, -0.2) is 4.98 Å². The number of ether oxygens (including phenoxy) is 1. The molecule has 0 aliphatic carbocycles. The van der Waals surface area contributed by atoms with Crippen molar-refractivity contribution in [2.45, 2.75) is 19.6 Å². The monoisotopic (exact) mass is 345 g/mol. The zero-order chi connectivity index (χ0) is 16.9. The molecule has 6 nitrogen and oxygen atoms in total. The summed E-state index contributed by atoms with van der Waals surface area (Å²) in [5.41, 5.74) is 13.5. The summed E-state index contributed by atoms with van der Waals surface area (Å²) in [6, 6.07) is 9.79. The Kier molecular flexibility index (Phi) is 5.42. The summed E-state index contributed by atoms with van der Waals surface area (Å²) in [5, 5.41) is 0. The van der Waals surface area contributed by atoms with Gasteiger partial charge in [0.05, 0.1) is 0 Å². The van der Waals surface area contributed by atoms with E-state index >= 15 is 0 Å². The maximum atomic E-state index is 6.29. The van der Waals surface area contributed by atoms with Crippen LogP contribution in [0.3, 0.4) is 0 Å². The van der Waals surface area contributed by atoms with Crippen LogP contribution in [0.5, 0.6) is 5.75 Å². The largest absolute Gasteiger partial charge is 0.469 e. The standard InChI is InChI=1S/C17H23N5OS/c1-2-13(22-8-10-24-11-9-22)23-15-14(12-6-4-3-5-7-12)20-17(19)21-16(15)18/h3-7,13H,2,8-11H2,1H3,(H4,18,19,20,21). The molecule has 0 bridgehead atoms. The zero-order valence-electron chi connectivity index (χ0n) is 13.8. The molecule has 24 heavy (non-hydrogen) atoms. The molecule has 1 aliphatic heterocycles. The molecule has 7 heteroatoms. The molecule has 0 spiro atoms.